The van der Waals surface area contributed by atoms with Crippen LogP contribution in [-0.2, 0) is 6.54 Å². The van der Waals surface area contributed by atoms with Crippen LogP contribution >= 0.6 is 0 Å². The molecule has 2 heterocycles. The van der Waals surface area contributed by atoms with Gasteiger partial charge in [0.15, 0.2) is 0 Å². The van der Waals surface area contributed by atoms with Crippen molar-refractivity contribution in [2.24, 2.45) is 0 Å². The lowest BCUT2D eigenvalue weighted by Crippen LogP contribution is -2.23. The largest absolute Gasteiger partial charge is 0.397 e. The molecule has 0 bridgehead atoms. The lowest BCUT2D eigenvalue weighted by molar-refractivity contribution is 0.0950. The standard InChI is InChI=1S/C11H12N4O/c12-9-4-8(5-13-6-9)11(16)15-7-10-2-1-3-14-10/h1-6,14H,7,12H2,(H,15,16). The maximum Gasteiger partial charge on any atom is 0.253 e. The van der Waals surface area contributed by atoms with Crippen LogP contribution in [0.2, 0.25) is 0 Å². The Morgan fingerprint density at radius 1 is 1.50 bits per heavy atom. The number of carbonyl (C=O) groups excluding carboxylic acids is 1. The zero-order valence-corrected chi connectivity index (χ0v) is 8.60. The highest BCUT2D eigenvalue weighted by Crippen LogP contribution is 2.04. The van der Waals surface area contributed by atoms with Crippen LogP contribution in [0.15, 0.2) is 36.8 Å². The molecule has 2 aromatic rings. The second-order valence-electron chi connectivity index (χ2n) is 3.38. The zero-order valence-electron chi connectivity index (χ0n) is 8.60. The first-order valence-electron chi connectivity index (χ1n) is 4.87. The highest BCUT2D eigenvalue weighted by molar-refractivity contribution is 5.94. The molecule has 5 nitrogen and oxygen atoms in total. The molecule has 1 amide bonds. The first kappa shape index (κ1) is 10.2. The number of carbonyl (C=O) groups is 1. The smallest absolute Gasteiger partial charge is 0.253 e. The summed E-state index contributed by atoms with van der Waals surface area (Å²) >= 11 is 0. The summed E-state index contributed by atoms with van der Waals surface area (Å²) in [5, 5.41) is 2.76. The Morgan fingerprint density at radius 3 is 3.06 bits per heavy atom. The van der Waals surface area contributed by atoms with Crippen LogP contribution in [0.5, 0.6) is 0 Å². The molecule has 4 N–H and O–H groups in total. The monoisotopic (exact) mass is 216 g/mol. The van der Waals surface area contributed by atoms with Crippen molar-refractivity contribution in [2.45, 2.75) is 6.54 Å². The average Bonchev–Trinajstić information content (AvgIpc) is 2.78. The molecule has 0 fully saturated rings. The molecule has 5 heteroatoms. The Bertz CT molecular complexity index is 478. The highest BCUT2D eigenvalue weighted by atomic mass is 16.1. The van der Waals surface area contributed by atoms with Gasteiger partial charge in [-0.25, -0.2) is 0 Å². The molecule has 0 aliphatic rings. The van der Waals surface area contributed by atoms with Crippen LogP contribution in [0, 0.1) is 0 Å². The summed E-state index contributed by atoms with van der Waals surface area (Å²) < 4.78 is 0. The van der Waals surface area contributed by atoms with Crippen LogP contribution in [0.3, 0.4) is 0 Å². The van der Waals surface area contributed by atoms with Crippen molar-refractivity contribution in [1.29, 1.82) is 0 Å². The number of H-pyrrole nitrogens is 1. The van der Waals surface area contributed by atoms with Gasteiger partial charge in [0.25, 0.3) is 5.91 Å². The molecule has 0 aliphatic heterocycles. The van der Waals surface area contributed by atoms with E-state index in [0.29, 0.717) is 17.8 Å². The Labute approximate surface area is 92.7 Å². The van der Waals surface area contributed by atoms with Gasteiger partial charge in [-0.05, 0) is 18.2 Å². The van der Waals surface area contributed by atoms with Crippen LogP contribution in [0.1, 0.15) is 16.1 Å². The first-order chi connectivity index (χ1) is 7.75. The van der Waals surface area contributed by atoms with E-state index in [1.165, 1.54) is 12.4 Å². The van der Waals surface area contributed by atoms with Gasteiger partial charge in [0.1, 0.15) is 0 Å². The second kappa shape index (κ2) is 4.48. The van der Waals surface area contributed by atoms with E-state index >= 15 is 0 Å². The van der Waals surface area contributed by atoms with Gasteiger partial charge < -0.3 is 16.0 Å². The minimum absolute atomic E-state index is 0.186. The van der Waals surface area contributed by atoms with Gasteiger partial charge in [0, 0.05) is 24.3 Å². The predicted octanol–water partition coefficient (Wildman–Crippen LogP) is 0.922. The summed E-state index contributed by atoms with van der Waals surface area (Å²) in [7, 11) is 0. The molecule has 2 aromatic heterocycles. The SMILES string of the molecule is Nc1cncc(C(=O)NCc2ccc[nH]2)c1. The van der Waals surface area contributed by atoms with Gasteiger partial charge >= 0.3 is 0 Å². The molecular weight excluding hydrogens is 204 g/mol. The van der Waals surface area contributed by atoms with Crippen molar-refractivity contribution in [2.75, 3.05) is 5.73 Å². The van der Waals surface area contributed by atoms with Crippen LogP contribution < -0.4 is 11.1 Å². The molecule has 0 saturated carbocycles. The molecular formula is C11H12N4O. The molecule has 16 heavy (non-hydrogen) atoms. The molecule has 0 unspecified atom stereocenters. The number of aromatic nitrogens is 2. The van der Waals surface area contributed by atoms with Crippen molar-refractivity contribution in [1.82, 2.24) is 15.3 Å². The van der Waals surface area contributed by atoms with Gasteiger partial charge in [-0.15, -0.1) is 0 Å². The third-order valence-electron chi connectivity index (χ3n) is 2.12. The van der Waals surface area contributed by atoms with E-state index < -0.39 is 0 Å². The fraction of sp³-hybridized carbons (Fsp3) is 0.0909. The summed E-state index contributed by atoms with van der Waals surface area (Å²) in [5.74, 6) is -0.186. The van der Waals surface area contributed by atoms with Gasteiger partial charge in [-0.1, -0.05) is 0 Å². The third kappa shape index (κ3) is 2.38. The maximum absolute atomic E-state index is 11.7. The maximum atomic E-state index is 11.7. The lowest BCUT2D eigenvalue weighted by Gasteiger charge is -2.03. The Kier molecular flexibility index (Phi) is 2.86. The number of anilines is 1. The molecule has 0 aliphatic carbocycles. The van der Waals surface area contributed by atoms with E-state index in [-0.39, 0.29) is 5.91 Å². The van der Waals surface area contributed by atoms with Crippen molar-refractivity contribution < 1.29 is 4.79 Å². The van der Waals surface area contributed by atoms with E-state index in [1.54, 1.807) is 6.07 Å². The third-order valence-corrected chi connectivity index (χ3v) is 2.12. The summed E-state index contributed by atoms with van der Waals surface area (Å²) in [6.07, 6.45) is 4.80. The lowest BCUT2D eigenvalue weighted by atomic mass is 10.2. The fourth-order valence-electron chi connectivity index (χ4n) is 1.34. The number of pyridine rings is 1. The Morgan fingerprint density at radius 2 is 2.38 bits per heavy atom. The van der Waals surface area contributed by atoms with Gasteiger partial charge in [0.05, 0.1) is 17.8 Å². The number of rotatable bonds is 3. The van der Waals surface area contributed by atoms with E-state index in [2.05, 4.69) is 15.3 Å². The molecule has 82 valence electrons. The van der Waals surface area contributed by atoms with E-state index in [9.17, 15) is 4.79 Å². The number of hydrogen-bond acceptors (Lipinski definition) is 3. The second-order valence-corrected chi connectivity index (χ2v) is 3.38. The molecule has 0 atom stereocenters. The number of nitrogen functional groups attached to an aromatic ring is 1. The van der Waals surface area contributed by atoms with Crippen molar-refractivity contribution in [3.63, 3.8) is 0 Å². The zero-order chi connectivity index (χ0) is 11.4. The topological polar surface area (TPSA) is 83.8 Å². The van der Waals surface area contributed by atoms with Gasteiger partial charge in [-0.3, -0.25) is 9.78 Å². The van der Waals surface area contributed by atoms with Crippen molar-refractivity contribution in [3.8, 4) is 0 Å². The minimum Gasteiger partial charge on any atom is -0.397 e. The number of aromatic amines is 1. The summed E-state index contributed by atoms with van der Waals surface area (Å²) in [5.41, 5.74) is 7.43. The first-order valence-corrected chi connectivity index (χ1v) is 4.87. The summed E-state index contributed by atoms with van der Waals surface area (Å²) in [4.78, 5) is 18.5. The fourth-order valence-corrected chi connectivity index (χ4v) is 1.34. The highest BCUT2D eigenvalue weighted by Gasteiger charge is 2.05. The van der Waals surface area contributed by atoms with Crippen molar-refractivity contribution >= 4 is 11.6 Å². The summed E-state index contributed by atoms with van der Waals surface area (Å²) in [6.45, 7) is 0.459. The van der Waals surface area contributed by atoms with Crippen molar-refractivity contribution in [3.05, 3.63) is 48.0 Å². The average molecular weight is 216 g/mol. The molecule has 0 saturated heterocycles. The molecule has 0 aromatic carbocycles. The quantitative estimate of drug-likeness (QED) is 0.713. The minimum atomic E-state index is -0.186. The van der Waals surface area contributed by atoms with Gasteiger partial charge in [0.2, 0.25) is 0 Å². The normalized spacial score (nSPS) is 10.0. The Balaban J connectivity index is 1.98. The number of hydrogen-bond donors (Lipinski definition) is 3. The molecule has 0 spiro atoms. The predicted molar refractivity (Wildman–Crippen MR) is 60.6 cm³/mol. The number of nitrogens with one attached hydrogen (secondary N) is 2. The van der Waals surface area contributed by atoms with Gasteiger partial charge in [-0.2, -0.15) is 0 Å². The van der Waals surface area contributed by atoms with Crippen LogP contribution in [-0.4, -0.2) is 15.9 Å². The molecule has 0 radical (unpaired) electrons. The number of nitrogens with zero attached hydrogens (tertiary/aromatic N) is 1. The summed E-state index contributed by atoms with van der Waals surface area (Å²) in [6, 6.07) is 5.37. The van der Waals surface area contributed by atoms with E-state index in [1.807, 2.05) is 18.3 Å². The van der Waals surface area contributed by atoms with E-state index in [0.717, 1.165) is 5.69 Å². The Hall–Kier alpha value is -2.30. The van der Waals surface area contributed by atoms with E-state index in [4.69, 9.17) is 5.73 Å². The number of nitrogens with two attached hydrogens (primary N) is 1. The molecule has 2 rings (SSSR count). The van der Waals surface area contributed by atoms with Crippen LogP contribution in [0.4, 0.5) is 5.69 Å². The number of amides is 1. The van der Waals surface area contributed by atoms with Crippen LogP contribution in [0.25, 0.3) is 0 Å².